The number of ether oxygens (including phenoxy) is 1. The van der Waals surface area contributed by atoms with E-state index in [0.29, 0.717) is 18.4 Å². The van der Waals surface area contributed by atoms with Gasteiger partial charge in [0.25, 0.3) is 0 Å². The fourth-order valence-corrected chi connectivity index (χ4v) is 6.37. The average molecular weight is 590 g/mol. The van der Waals surface area contributed by atoms with Crippen LogP contribution in [0, 0.1) is 23.7 Å². The van der Waals surface area contributed by atoms with Crippen molar-refractivity contribution in [3.05, 3.63) is 36.4 Å². The minimum atomic E-state index is -0.462. The third-order valence-corrected chi connectivity index (χ3v) is 10.1. The van der Waals surface area contributed by atoms with Crippen molar-refractivity contribution >= 4 is 34.4 Å². The third-order valence-electron chi connectivity index (χ3n) is 10.1. The highest BCUT2D eigenvalue weighted by Gasteiger charge is 2.52. The predicted molar refractivity (Wildman–Crippen MR) is 186 cm³/mol. The smallest absolute Gasteiger partial charge is 0.494 e. The molecule has 2 atom stereocenters. The van der Waals surface area contributed by atoms with Crippen molar-refractivity contribution in [1.29, 1.82) is 0 Å². The number of rotatable bonds is 16. The monoisotopic (exact) mass is 589 g/mol. The van der Waals surface area contributed by atoms with Gasteiger partial charge in [-0.25, -0.2) is 0 Å². The summed E-state index contributed by atoms with van der Waals surface area (Å²) in [6.07, 6.45) is 10.0. The van der Waals surface area contributed by atoms with Gasteiger partial charge < -0.3 is 18.6 Å². The van der Waals surface area contributed by atoms with E-state index in [-0.39, 0.29) is 0 Å². The van der Waals surface area contributed by atoms with Crippen LogP contribution in [-0.2, 0) is 15.9 Å². The molecular weight excluding hydrogens is 529 g/mol. The SMILES string of the molecule is CC(C)CCCC(C)CCOc1cc2c(cc1B1OC(C)(C)C(C)(C)O1)c1ccccc1n2CCC(C)CCCC(C)C. The van der Waals surface area contributed by atoms with Crippen LogP contribution in [0.15, 0.2) is 36.4 Å². The zero-order chi connectivity index (χ0) is 31.4. The molecule has 4 nitrogen and oxygen atoms in total. The molecule has 1 aliphatic heterocycles. The summed E-state index contributed by atoms with van der Waals surface area (Å²) < 4.78 is 22.4. The van der Waals surface area contributed by atoms with Crippen molar-refractivity contribution in [2.75, 3.05) is 6.61 Å². The molecule has 1 saturated heterocycles. The number of hydrogen-bond acceptors (Lipinski definition) is 3. The number of para-hydroxylation sites is 1. The van der Waals surface area contributed by atoms with Gasteiger partial charge in [-0.3, -0.25) is 0 Å². The van der Waals surface area contributed by atoms with Gasteiger partial charge in [0.2, 0.25) is 0 Å². The molecule has 4 rings (SSSR count). The molecule has 0 bridgehead atoms. The van der Waals surface area contributed by atoms with E-state index in [1.807, 2.05) is 0 Å². The summed E-state index contributed by atoms with van der Waals surface area (Å²) in [4.78, 5) is 0. The van der Waals surface area contributed by atoms with Crippen molar-refractivity contribution in [2.24, 2.45) is 23.7 Å². The van der Waals surface area contributed by atoms with Crippen LogP contribution in [0.2, 0.25) is 0 Å². The van der Waals surface area contributed by atoms with Crippen molar-refractivity contribution in [3.63, 3.8) is 0 Å². The summed E-state index contributed by atoms with van der Waals surface area (Å²) >= 11 is 0. The highest BCUT2D eigenvalue weighted by atomic mass is 16.7. The van der Waals surface area contributed by atoms with E-state index in [4.69, 9.17) is 14.0 Å². The Bertz CT molecular complexity index is 1310. The summed E-state index contributed by atoms with van der Waals surface area (Å²) in [5.74, 6) is 3.80. The standard InChI is InChI=1S/C38H60BNO3/c1-27(2)15-13-17-29(5)21-23-40-34-20-12-11-19-31(34)32-25-33(39-42-37(7,8)38(9,10)43-39)36(26-35(32)40)41-24-22-30(6)18-14-16-28(3)4/h11-12,19-20,25-30H,13-18,21-24H2,1-10H3. The molecule has 0 N–H and O–H groups in total. The Kier molecular flexibility index (Phi) is 11.4. The van der Waals surface area contributed by atoms with Gasteiger partial charge in [-0.2, -0.15) is 0 Å². The first-order valence-electron chi connectivity index (χ1n) is 17.3. The van der Waals surface area contributed by atoms with E-state index in [1.165, 1.54) is 66.8 Å². The molecule has 1 fully saturated rings. The first-order valence-corrected chi connectivity index (χ1v) is 17.3. The highest BCUT2D eigenvalue weighted by Crippen LogP contribution is 2.39. The molecule has 2 unspecified atom stereocenters. The van der Waals surface area contributed by atoms with Gasteiger partial charge in [0, 0.05) is 34.4 Å². The molecule has 5 heteroatoms. The van der Waals surface area contributed by atoms with E-state index in [9.17, 15) is 0 Å². The number of hydrogen-bond donors (Lipinski definition) is 0. The van der Waals surface area contributed by atoms with Gasteiger partial charge in [-0.1, -0.05) is 98.3 Å². The van der Waals surface area contributed by atoms with Gasteiger partial charge in [0.05, 0.1) is 23.3 Å². The minimum absolute atomic E-state index is 0.408. The van der Waals surface area contributed by atoms with Crippen molar-refractivity contribution in [2.45, 2.75) is 138 Å². The van der Waals surface area contributed by atoms with Crippen LogP contribution in [0.3, 0.4) is 0 Å². The number of fused-ring (bicyclic) bond motifs is 3. The lowest BCUT2D eigenvalue weighted by atomic mass is 9.77. The summed E-state index contributed by atoms with van der Waals surface area (Å²) in [7, 11) is -0.462. The van der Waals surface area contributed by atoms with Crippen LogP contribution in [0.1, 0.15) is 121 Å². The Hall–Kier alpha value is -1.98. The van der Waals surface area contributed by atoms with Gasteiger partial charge in [0.1, 0.15) is 5.75 Å². The Morgan fingerprint density at radius 3 is 1.88 bits per heavy atom. The first kappa shape index (κ1) is 33.9. The second kappa shape index (κ2) is 14.4. The maximum Gasteiger partial charge on any atom is 0.498 e. The lowest BCUT2D eigenvalue weighted by Gasteiger charge is -2.32. The molecule has 2 aromatic carbocycles. The van der Waals surface area contributed by atoms with Crippen LogP contribution in [0.4, 0.5) is 0 Å². The van der Waals surface area contributed by atoms with Crippen molar-refractivity contribution in [3.8, 4) is 5.75 Å². The number of aryl methyl sites for hydroxylation is 1. The summed E-state index contributed by atoms with van der Waals surface area (Å²) in [6.45, 7) is 24.3. The molecule has 1 aliphatic rings. The van der Waals surface area contributed by atoms with Crippen molar-refractivity contribution < 1.29 is 14.0 Å². The van der Waals surface area contributed by atoms with Crippen LogP contribution in [0.25, 0.3) is 21.8 Å². The maximum absolute atomic E-state index is 6.67. The molecule has 1 aromatic heterocycles. The molecule has 43 heavy (non-hydrogen) atoms. The van der Waals surface area contributed by atoms with E-state index < -0.39 is 18.3 Å². The fraction of sp³-hybridized carbons (Fsp3) is 0.684. The van der Waals surface area contributed by atoms with Gasteiger partial charge in [-0.05, 0) is 76.3 Å². The molecule has 238 valence electrons. The average Bonchev–Trinajstić information content (AvgIpc) is 3.34. The second-order valence-electron chi connectivity index (χ2n) is 15.4. The van der Waals surface area contributed by atoms with Gasteiger partial charge in [0.15, 0.2) is 0 Å². The molecule has 0 amide bonds. The predicted octanol–water partition coefficient (Wildman–Crippen LogP) is 10.2. The van der Waals surface area contributed by atoms with Crippen LogP contribution in [0.5, 0.6) is 5.75 Å². The normalized spacial score (nSPS) is 17.9. The van der Waals surface area contributed by atoms with Crippen molar-refractivity contribution in [1.82, 2.24) is 4.57 Å². The third kappa shape index (κ3) is 8.40. The lowest BCUT2D eigenvalue weighted by molar-refractivity contribution is 0.00578. The Balaban J connectivity index is 1.64. The molecule has 2 heterocycles. The van der Waals surface area contributed by atoms with Crippen LogP contribution < -0.4 is 10.2 Å². The largest absolute Gasteiger partial charge is 0.498 e. The van der Waals surface area contributed by atoms with Crippen LogP contribution in [-0.4, -0.2) is 29.5 Å². The minimum Gasteiger partial charge on any atom is -0.494 e. The number of benzene rings is 2. The number of nitrogens with zero attached hydrogens (tertiary/aromatic N) is 1. The Morgan fingerprint density at radius 1 is 0.698 bits per heavy atom. The summed E-state index contributed by atoms with van der Waals surface area (Å²) in [5.41, 5.74) is 2.73. The van der Waals surface area contributed by atoms with E-state index in [0.717, 1.165) is 36.0 Å². The molecule has 0 spiro atoms. The summed E-state index contributed by atoms with van der Waals surface area (Å²) in [6, 6.07) is 13.4. The zero-order valence-corrected chi connectivity index (χ0v) is 29.1. The second-order valence-corrected chi connectivity index (χ2v) is 15.4. The lowest BCUT2D eigenvalue weighted by Crippen LogP contribution is -2.41. The highest BCUT2D eigenvalue weighted by molar-refractivity contribution is 6.63. The summed E-state index contributed by atoms with van der Waals surface area (Å²) in [5, 5.41) is 2.54. The molecular formula is C38H60BNO3. The molecule has 0 aliphatic carbocycles. The quantitative estimate of drug-likeness (QED) is 0.156. The van der Waals surface area contributed by atoms with E-state index >= 15 is 0 Å². The zero-order valence-electron chi connectivity index (χ0n) is 29.1. The van der Waals surface area contributed by atoms with Crippen LogP contribution >= 0.6 is 0 Å². The van der Waals surface area contributed by atoms with E-state index in [2.05, 4.69) is 110 Å². The first-order chi connectivity index (χ1) is 20.3. The van der Waals surface area contributed by atoms with Gasteiger partial charge >= 0.3 is 7.12 Å². The van der Waals surface area contributed by atoms with Gasteiger partial charge in [-0.15, -0.1) is 0 Å². The fourth-order valence-electron chi connectivity index (χ4n) is 6.37. The molecule has 0 saturated carbocycles. The molecule has 3 aromatic rings. The Labute approximate surface area is 263 Å². The Morgan fingerprint density at radius 2 is 1.28 bits per heavy atom. The number of aromatic nitrogens is 1. The topological polar surface area (TPSA) is 32.6 Å². The maximum atomic E-state index is 6.67. The molecule has 0 radical (unpaired) electrons. The van der Waals surface area contributed by atoms with E-state index in [1.54, 1.807) is 0 Å².